The lowest BCUT2D eigenvalue weighted by Crippen LogP contribution is -2.51. The molecule has 0 saturated heterocycles. The molecular weight excluding hydrogens is 481 g/mol. The molecule has 1 amide bonds. The van der Waals surface area contributed by atoms with Crippen LogP contribution in [0, 0.1) is 5.82 Å². The fraction of sp³-hybridized carbons (Fsp3) is 0.353. The van der Waals surface area contributed by atoms with Gasteiger partial charge >= 0.3 is 12.0 Å². The SMILES string of the molecule is CC(F)(F)c1nc(N)c(OC(=O)Nc2ccc(F)c([C@@]3(C)N=C(N)OCC3(F)F)n2)nc1Cl. The summed E-state index contributed by atoms with van der Waals surface area (Å²) in [6, 6.07) is 1.09. The number of aliphatic imine (C=N–C) groups is 1. The van der Waals surface area contributed by atoms with Crippen LogP contribution in [-0.4, -0.2) is 39.6 Å². The van der Waals surface area contributed by atoms with Crippen LogP contribution >= 0.6 is 11.6 Å². The lowest BCUT2D eigenvalue weighted by molar-refractivity contribution is -0.118. The zero-order valence-electron chi connectivity index (χ0n) is 16.8. The molecule has 33 heavy (non-hydrogen) atoms. The van der Waals surface area contributed by atoms with Gasteiger partial charge in [0, 0.05) is 6.92 Å². The summed E-state index contributed by atoms with van der Waals surface area (Å²) in [4.78, 5) is 26.2. The highest BCUT2D eigenvalue weighted by atomic mass is 35.5. The number of hydrogen-bond acceptors (Lipinski definition) is 9. The van der Waals surface area contributed by atoms with Gasteiger partial charge in [0.15, 0.2) is 23.1 Å². The third-order valence-corrected chi connectivity index (χ3v) is 4.70. The quantitative estimate of drug-likeness (QED) is 0.547. The summed E-state index contributed by atoms with van der Waals surface area (Å²) >= 11 is 5.63. The topological polar surface area (TPSA) is 151 Å². The van der Waals surface area contributed by atoms with Crippen LogP contribution in [0.2, 0.25) is 5.15 Å². The summed E-state index contributed by atoms with van der Waals surface area (Å²) in [6.45, 7) is 0.220. The normalized spacial score (nSPS) is 19.9. The number of aromatic nitrogens is 3. The van der Waals surface area contributed by atoms with Crippen molar-refractivity contribution in [3.8, 4) is 5.88 Å². The molecular formula is C17H15ClF5N7O3. The highest BCUT2D eigenvalue weighted by Gasteiger charge is 2.57. The number of nitrogens with two attached hydrogens (primary N) is 2. The molecule has 0 spiro atoms. The number of alkyl halides is 4. The number of pyridine rings is 1. The van der Waals surface area contributed by atoms with Crippen molar-refractivity contribution < 1.29 is 36.2 Å². The summed E-state index contributed by atoms with van der Waals surface area (Å²) in [5.41, 5.74) is 6.50. The minimum atomic E-state index is -3.70. The summed E-state index contributed by atoms with van der Waals surface area (Å²) in [7, 11) is 0. The molecule has 0 bridgehead atoms. The third-order valence-electron chi connectivity index (χ3n) is 4.44. The molecule has 0 saturated carbocycles. The fourth-order valence-corrected chi connectivity index (χ4v) is 2.99. The van der Waals surface area contributed by atoms with E-state index in [9.17, 15) is 26.7 Å². The van der Waals surface area contributed by atoms with E-state index in [4.69, 9.17) is 27.8 Å². The summed E-state index contributed by atoms with van der Waals surface area (Å²) < 4.78 is 79.5. The summed E-state index contributed by atoms with van der Waals surface area (Å²) in [5, 5.41) is 1.26. The molecule has 178 valence electrons. The Morgan fingerprint density at radius 2 is 1.94 bits per heavy atom. The monoisotopic (exact) mass is 495 g/mol. The maximum absolute atomic E-state index is 14.5. The van der Waals surface area contributed by atoms with Crippen LogP contribution in [0.3, 0.4) is 0 Å². The van der Waals surface area contributed by atoms with Crippen molar-refractivity contribution >= 4 is 35.4 Å². The van der Waals surface area contributed by atoms with E-state index < -0.39 is 76.0 Å². The van der Waals surface area contributed by atoms with Crippen LogP contribution < -0.4 is 21.5 Å². The maximum Gasteiger partial charge on any atom is 0.419 e. The Balaban J connectivity index is 1.87. The van der Waals surface area contributed by atoms with Crippen molar-refractivity contribution in [3.63, 3.8) is 0 Å². The standard InChI is InChI=1S/C17H15ClF5N7O3/c1-15(17(22,23)5-32-13(25)30-15)8-6(19)3-4-7(26-8)27-14(31)33-12-11(24)28-9(10(18)29-12)16(2,20)21/h3-4H,5H2,1-2H3,(H2,24,28)(H2,25,30)(H,26,27,31)/t15-/m1/s1. The number of amidine groups is 1. The average Bonchev–Trinajstić information content (AvgIpc) is 2.68. The van der Waals surface area contributed by atoms with Gasteiger partial charge in [0.2, 0.25) is 0 Å². The number of amides is 1. The van der Waals surface area contributed by atoms with Gasteiger partial charge in [-0.1, -0.05) is 11.6 Å². The molecule has 0 aliphatic carbocycles. The van der Waals surface area contributed by atoms with Gasteiger partial charge in [0.1, 0.15) is 23.0 Å². The number of carbonyl (C=O) groups is 1. The molecule has 5 N–H and O–H groups in total. The van der Waals surface area contributed by atoms with Gasteiger partial charge in [-0.05, 0) is 19.1 Å². The van der Waals surface area contributed by atoms with Gasteiger partial charge in [-0.25, -0.2) is 24.1 Å². The first-order valence-corrected chi connectivity index (χ1v) is 9.25. The Morgan fingerprint density at radius 1 is 1.27 bits per heavy atom. The van der Waals surface area contributed by atoms with E-state index in [1.165, 1.54) is 0 Å². The number of nitrogens with one attached hydrogen (secondary N) is 1. The van der Waals surface area contributed by atoms with Crippen LogP contribution in [0.5, 0.6) is 5.88 Å². The van der Waals surface area contributed by atoms with E-state index in [-0.39, 0.29) is 0 Å². The van der Waals surface area contributed by atoms with E-state index in [1.807, 2.05) is 5.32 Å². The molecule has 16 heteroatoms. The van der Waals surface area contributed by atoms with E-state index in [2.05, 4.69) is 24.7 Å². The largest absolute Gasteiger partial charge is 0.459 e. The number of carbonyl (C=O) groups excluding carboxylic acids is 1. The van der Waals surface area contributed by atoms with E-state index >= 15 is 0 Å². The van der Waals surface area contributed by atoms with Gasteiger partial charge in [0.05, 0.1) is 0 Å². The fourth-order valence-electron chi connectivity index (χ4n) is 2.70. The molecule has 3 rings (SSSR count). The van der Waals surface area contributed by atoms with Crippen LogP contribution in [0.1, 0.15) is 25.2 Å². The van der Waals surface area contributed by atoms with Crippen LogP contribution in [-0.2, 0) is 16.2 Å². The Morgan fingerprint density at radius 3 is 2.58 bits per heavy atom. The Hall–Kier alpha value is -3.49. The first kappa shape index (κ1) is 24.2. The van der Waals surface area contributed by atoms with E-state index in [1.54, 1.807) is 0 Å². The Bertz CT molecular complexity index is 1140. The molecule has 2 aromatic heterocycles. The predicted octanol–water partition coefficient (Wildman–Crippen LogP) is 3.16. The molecule has 0 radical (unpaired) electrons. The molecule has 10 nitrogen and oxygen atoms in total. The maximum atomic E-state index is 14.5. The average molecular weight is 496 g/mol. The number of anilines is 2. The molecule has 3 heterocycles. The number of nitrogens with zero attached hydrogens (tertiary/aromatic N) is 4. The second kappa shape index (κ2) is 8.13. The lowest BCUT2D eigenvalue weighted by atomic mass is 9.89. The van der Waals surface area contributed by atoms with Crippen molar-refractivity contribution in [2.45, 2.75) is 31.2 Å². The van der Waals surface area contributed by atoms with Gasteiger partial charge in [-0.15, -0.1) is 0 Å². The molecule has 0 fully saturated rings. The number of halogens is 6. The van der Waals surface area contributed by atoms with Gasteiger partial charge in [-0.3, -0.25) is 5.32 Å². The molecule has 2 aromatic rings. The number of rotatable bonds is 4. The van der Waals surface area contributed by atoms with Gasteiger partial charge in [-0.2, -0.15) is 22.5 Å². The highest BCUT2D eigenvalue weighted by molar-refractivity contribution is 6.30. The predicted molar refractivity (Wildman–Crippen MR) is 105 cm³/mol. The second-order valence-electron chi connectivity index (χ2n) is 7.00. The Kier molecular flexibility index (Phi) is 5.95. The van der Waals surface area contributed by atoms with Crippen molar-refractivity contribution in [1.29, 1.82) is 0 Å². The van der Waals surface area contributed by atoms with Gasteiger partial charge in [0.25, 0.3) is 17.8 Å². The van der Waals surface area contributed by atoms with Crippen molar-refractivity contribution in [3.05, 3.63) is 34.5 Å². The molecule has 1 atom stereocenters. The van der Waals surface area contributed by atoms with Crippen LogP contribution in [0.25, 0.3) is 0 Å². The van der Waals surface area contributed by atoms with Crippen molar-refractivity contribution in [1.82, 2.24) is 15.0 Å². The molecule has 0 unspecified atom stereocenters. The minimum Gasteiger partial charge on any atom is -0.459 e. The lowest BCUT2D eigenvalue weighted by Gasteiger charge is -2.36. The first-order chi connectivity index (χ1) is 15.1. The molecule has 1 aliphatic rings. The van der Waals surface area contributed by atoms with E-state index in [0.29, 0.717) is 6.92 Å². The Labute approximate surface area is 187 Å². The van der Waals surface area contributed by atoms with Crippen molar-refractivity contribution in [2.24, 2.45) is 10.7 Å². The number of ether oxygens (including phenoxy) is 2. The summed E-state index contributed by atoms with van der Waals surface area (Å²) in [5.74, 6) is -10.2. The molecule has 1 aliphatic heterocycles. The van der Waals surface area contributed by atoms with Crippen LogP contribution in [0.15, 0.2) is 17.1 Å². The van der Waals surface area contributed by atoms with Crippen molar-refractivity contribution in [2.75, 3.05) is 17.7 Å². The van der Waals surface area contributed by atoms with Gasteiger partial charge < -0.3 is 20.9 Å². The number of hydrogen-bond donors (Lipinski definition) is 3. The number of nitrogen functional groups attached to an aromatic ring is 1. The van der Waals surface area contributed by atoms with Crippen LogP contribution in [0.4, 0.5) is 38.4 Å². The zero-order valence-corrected chi connectivity index (χ0v) is 17.6. The summed E-state index contributed by atoms with van der Waals surface area (Å²) in [6.07, 6.45) is -1.33. The first-order valence-electron chi connectivity index (χ1n) is 8.87. The molecule has 0 aromatic carbocycles. The highest BCUT2D eigenvalue weighted by Crippen LogP contribution is 2.43. The zero-order chi connectivity index (χ0) is 24.8. The third kappa shape index (κ3) is 4.67. The second-order valence-corrected chi connectivity index (χ2v) is 7.36. The smallest absolute Gasteiger partial charge is 0.419 e. The minimum absolute atomic E-state index is 0.428. The van der Waals surface area contributed by atoms with E-state index in [0.717, 1.165) is 19.1 Å².